The quantitative estimate of drug-likeness (QED) is 0.470. The summed E-state index contributed by atoms with van der Waals surface area (Å²) < 4.78 is 11.2. The minimum atomic E-state index is -0.831. The Morgan fingerprint density at radius 1 is 1.23 bits per heavy atom. The highest BCUT2D eigenvalue weighted by molar-refractivity contribution is 9.10. The highest BCUT2D eigenvalue weighted by atomic mass is 79.9. The summed E-state index contributed by atoms with van der Waals surface area (Å²) in [7, 11) is 0. The number of nitrogens with one attached hydrogen (secondary N) is 2. The van der Waals surface area contributed by atoms with E-state index in [1.54, 1.807) is 32.9 Å². The summed E-state index contributed by atoms with van der Waals surface area (Å²) in [6.07, 6.45) is 1.41. The summed E-state index contributed by atoms with van der Waals surface area (Å²) in [5.74, 6) is -0.337. The average molecular weight is 370 g/mol. The summed E-state index contributed by atoms with van der Waals surface area (Å²) in [5.41, 5.74) is 2.37. The monoisotopic (exact) mass is 369 g/mol. The van der Waals surface area contributed by atoms with Crippen LogP contribution in [0.1, 0.15) is 26.3 Å². The van der Waals surface area contributed by atoms with Gasteiger partial charge in [-0.25, -0.2) is 5.43 Å². The molecular weight excluding hydrogens is 354 g/mol. The van der Waals surface area contributed by atoms with Gasteiger partial charge in [0.2, 0.25) is 6.79 Å². The predicted octanol–water partition coefficient (Wildman–Crippen LogP) is 1.54. The maximum atomic E-state index is 11.6. The predicted molar refractivity (Wildman–Crippen MR) is 83.9 cm³/mol. The molecule has 1 heterocycles. The van der Waals surface area contributed by atoms with Crippen molar-refractivity contribution >= 4 is 34.0 Å². The number of carbonyl (C=O) groups excluding carboxylic acids is 2. The van der Waals surface area contributed by atoms with Crippen LogP contribution in [-0.4, -0.2) is 30.4 Å². The van der Waals surface area contributed by atoms with Crippen molar-refractivity contribution in [1.82, 2.24) is 10.7 Å². The smallest absolute Gasteiger partial charge is 0.329 e. The maximum absolute atomic E-state index is 11.6. The molecule has 0 bridgehead atoms. The zero-order valence-electron chi connectivity index (χ0n) is 12.4. The Labute approximate surface area is 136 Å². The van der Waals surface area contributed by atoms with Crippen LogP contribution in [0, 0.1) is 0 Å². The van der Waals surface area contributed by atoms with E-state index < -0.39 is 17.4 Å². The van der Waals surface area contributed by atoms with Crippen LogP contribution >= 0.6 is 15.9 Å². The summed E-state index contributed by atoms with van der Waals surface area (Å²) in [6.45, 7) is 5.52. The molecule has 0 aromatic heterocycles. The first-order valence-corrected chi connectivity index (χ1v) is 7.30. The summed E-state index contributed by atoms with van der Waals surface area (Å²) in [5, 5.41) is 6.31. The van der Waals surface area contributed by atoms with Gasteiger partial charge in [0, 0.05) is 15.6 Å². The number of hydrogen-bond donors (Lipinski definition) is 2. The largest absolute Gasteiger partial charge is 0.454 e. The van der Waals surface area contributed by atoms with E-state index in [1.165, 1.54) is 6.21 Å². The molecule has 22 heavy (non-hydrogen) atoms. The summed E-state index contributed by atoms with van der Waals surface area (Å²) >= 11 is 3.37. The summed E-state index contributed by atoms with van der Waals surface area (Å²) in [4.78, 5) is 23.2. The molecule has 0 radical (unpaired) electrons. The van der Waals surface area contributed by atoms with Gasteiger partial charge < -0.3 is 14.8 Å². The molecule has 2 rings (SSSR count). The van der Waals surface area contributed by atoms with Crippen molar-refractivity contribution in [2.24, 2.45) is 5.10 Å². The van der Waals surface area contributed by atoms with E-state index >= 15 is 0 Å². The zero-order valence-corrected chi connectivity index (χ0v) is 14.0. The number of amides is 2. The number of halogens is 1. The zero-order chi connectivity index (χ0) is 16.3. The van der Waals surface area contributed by atoms with Gasteiger partial charge in [-0.05, 0) is 48.8 Å². The molecule has 8 heteroatoms. The van der Waals surface area contributed by atoms with Crippen molar-refractivity contribution in [2.45, 2.75) is 26.3 Å². The minimum Gasteiger partial charge on any atom is -0.454 e. The van der Waals surface area contributed by atoms with Gasteiger partial charge in [0.25, 0.3) is 0 Å². The molecule has 0 saturated carbocycles. The van der Waals surface area contributed by atoms with Crippen LogP contribution in [0.4, 0.5) is 0 Å². The molecule has 1 aromatic rings. The average Bonchev–Trinajstić information content (AvgIpc) is 2.83. The lowest BCUT2D eigenvalue weighted by molar-refractivity contribution is -0.140. The molecule has 1 aromatic carbocycles. The SMILES string of the molecule is CC(C)(C)NC(=O)C(=O)NN=Cc1cc2c(cc1Br)OCO2. The standard InChI is InChI=1S/C14H16BrN3O4/c1-14(2,3)17-12(19)13(20)18-16-6-8-4-10-11(5-9(8)15)22-7-21-10/h4-6H,7H2,1-3H3,(H,17,19)(H,18,20). The van der Waals surface area contributed by atoms with E-state index in [1.807, 2.05) is 0 Å². The van der Waals surface area contributed by atoms with Gasteiger partial charge in [-0.3, -0.25) is 9.59 Å². The Hall–Kier alpha value is -2.09. The van der Waals surface area contributed by atoms with Gasteiger partial charge in [-0.1, -0.05) is 0 Å². The lowest BCUT2D eigenvalue weighted by atomic mass is 10.1. The molecule has 1 aliphatic rings. The molecule has 0 spiro atoms. The van der Waals surface area contributed by atoms with Gasteiger partial charge in [-0.2, -0.15) is 5.10 Å². The number of hydrazone groups is 1. The fourth-order valence-electron chi connectivity index (χ4n) is 1.64. The fourth-order valence-corrected chi connectivity index (χ4v) is 2.07. The van der Waals surface area contributed by atoms with E-state index in [2.05, 4.69) is 31.8 Å². The lowest BCUT2D eigenvalue weighted by Gasteiger charge is -2.19. The third kappa shape index (κ3) is 4.20. The fraction of sp³-hybridized carbons (Fsp3) is 0.357. The topological polar surface area (TPSA) is 89.0 Å². The van der Waals surface area contributed by atoms with Gasteiger partial charge in [-0.15, -0.1) is 0 Å². The molecule has 0 saturated heterocycles. The van der Waals surface area contributed by atoms with Crippen molar-refractivity contribution in [3.63, 3.8) is 0 Å². The van der Waals surface area contributed by atoms with E-state index in [-0.39, 0.29) is 6.79 Å². The number of nitrogens with zero attached hydrogens (tertiary/aromatic N) is 1. The first-order chi connectivity index (χ1) is 10.3. The van der Waals surface area contributed by atoms with Crippen molar-refractivity contribution < 1.29 is 19.1 Å². The van der Waals surface area contributed by atoms with Gasteiger partial charge in [0.05, 0.1) is 6.21 Å². The molecule has 0 fully saturated rings. The Balaban J connectivity index is 1.98. The summed E-state index contributed by atoms with van der Waals surface area (Å²) in [6, 6.07) is 3.47. The van der Waals surface area contributed by atoms with Crippen molar-refractivity contribution in [3.8, 4) is 11.5 Å². The van der Waals surface area contributed by atoms with Crippen LogP contribution in [0.2, 0.25) is 0 Å². The van der Waals surface area contributed by atoms with Crippen LogP contribution in [0.15, 0.2) is 21.7 Å². The molecule has 0 atom stereocenters. The molecule has 0 unspecified atom stereocenters. The first kappa shape index (κ1) is 16.3. The number of carbonyl (C=O) groups is 2. The van der Waals surface area contributed by atoms with E-state index in [4.69, 9.17) is 9.47 Å². The van der Waals surface area contributed by atoms with E-state index in [0.717, 1.165) is 4.47 Å². The number of ether oxygens (including phenoxy) is 2. The number of rotatable bonds is 2. The van der Waals surface area contributed by atoms with Crippen LogP contribution in [0.25, 0.3) is 0 Å². The minimum absolute atomic E-state index is 0.173. The second kappa shape index (κ2) is 6.35. The van der Waals surface area contributed by atoms with Crippen molar-refractivity contribution in [2.75, 3.05) is 6.79 Å². The highest BCUT2D eigenvalue weighted by Crippen LogP contribution is 2.36. The Morgan fingerprint density at radius 2 is 1.86 bits per heavy atom. The van der Waals surface area contributed by atoms with Crippen molar-refractivity contribution in [3.05, 3.63) is 22.2 Å². The molecule has 1 aliphatic heterocycles. The first-order valence-electron chi connectivity index (χ1n) is 6.51. The molecule has 2 amide bonds. The third-order valence-electron chi connectivity index (χ3n) is 2.56. The van der Waals surface area contributed by atoms with E-state index in [0.29, 0.717) is 17.1 Å². The van der Waals surface area contributed by atoms with Crippen LogP contribution in [-0.2, 0) is 9.59 Å². The van der Waals surface area contributed by atoms with Crippen molar-refractivity contribution in [1.29, 1.82) is 0 Å². The second-order valence-electron chi connectivity index (χ2n) is 5.63. The van der Waals surface area contributed by atoms with Gasteiger partial charge in [0.15, 0.2) is 11.5 Å². The molecule has 0 aliphatic carbocycles. The third-order valence-corrected chi connectivity index (χ3v) is 3.24. The van der Waals surface area contributed by atoms with Gasteiger partial charge in [0.1, 0.15) is 0 Å². The second-order valence-corrected chi connectivity index (χ2v) is 6.48. The van der Waals surface area contributed by atoms with Crippen LogP contribution < -0.4 is 20.2 Å². The Bertz CT molecular complexity index is 638. The van der Waals surface area contributed by atoms with E-state index in [9.17, 15) is 9.59 Å². The highest BCUT2D eigenvalue weighted by Gasteiger charge is 2.20. The molecule has 2 N–H and O–H groups in total. The van der Waals surface area contributed by atoms with Gasteiger partial charge >= 0.3 is 11.8 Å². The van der Waals surface area contributed by atoms with Crippen LogP contribution in [0.5, 0.6) is 11.5 Å². The number of hydrogen-bond acceptors (Lipinski definition) is 5. The Morgan fingerprint density at radius 3 is 2.50 bits per heavy atom. The maximum Gasteiger partial charge on any atom is 0.329 e. The lowest BCUT2D eigenvalue weighted by Crippen LogP contribution is -2.47. The number of benzene rings is 1. The molecular formula is C14H16BrN3O4. The Kier molecular flexibility index (Phi) is 4.70. The number of fused-ring (bicyclic) bond motifs is 1. The molecule has 118 valence electrons. The normalized spacial score (nSPS) is 13.3. The van der Waals surface area contributed by atoms with Crippen LogP contribution in [0.3, 0.4) is 0 Å². The molecule has 7 nitrogen and oxygen atoms in total.